The van der Waals surface area contributed by atoms with E-state index in [1.54, 1.807) is 32.4 Å². The first-order chi connectivity index (χ1) is 12.9. The number of ether oxygens (including phenoxy) is 2. The van der Waals surface area contributed by atoms with E-state index in [-0.39, 0.29) is 5.56 Å². The number of rotatable bonds is 5. The Morgan fingerprint density at radius 1 is 1.26 bits per heavy atom. The van der Waals surface area contributed by atoms with E-state index in [0.717, 1.165) is 14.5 Å². The van der Waals surface area contributed by atoms with Crippen molar-refractivity contribution in [3.05, 3.63) is 61.0 Å². The Bertz CT molecular complexity index is 1090. The molecule has 27 heavy (non-hydrogen) atoms. The third-order valence-corrected chi connectivity index (χ3v) is 4.91. The standard InChI is InChI=1S/C19H17Br2N3O3/c1-4-27-17-8-12(7-15(21)18(17)26-3)10-22-24-11(2)23-16-6-5-13(20)9-14(16)19(24)25/h5-10H,4H2,1-3H3. The molecule has 2 aromatic carbocycles. The molecule has 0 fully saturated rings. The number of hydrogen-bond acceptors (Lipinski definition) is 5. The van der Waals surface area contributed by atoms with Crippen molar-refractivity contribution >= 4 is 49.0 Å². The van der Waals surface area contributed by atoms with Gasteiger partial charge in [-0.1, -0.05) is 15.9 Å². The fraction of sp³-hybridized carbons (Fsp3) is 0.211. The minimum absolute atomic E-state index is 0.229. The SMILES string of the molecule is CCOc1cc(C=Nn2c(C)nc3ccc(Br)cc3c2=O)cc(Br)c1OC. The van der Waals surface area contributed by atoms with E-state index in [9.17, 15) is 4.79 Å². The van der Waals surface area contributed by atoms with Crippen molar-refractivity contribution in [2.24, 2.45) is 5.10 Å². The quantitative estimate of drug-likeness (QED) is 0.489. The Balaban J connectivity index is 2.07. The van der Waals surface area contributed by atoms with E-state index in [1.165, 1.54) is 4.68 Å². The van der Waals surface area contributed by atoms with Gasteiger partial charge in [-0.15, -0.1) is 0 Å². The molecule has 0 aliphatic heterocycles. The van der Waals surface area contributed by atoms with Gasteiger partial charge in [-0.25, -0.2) is 4.98 Å². The highest BCUT2D eigenvalue weighted by Gasteiger charge is 2.11. The molecule has 3 rings (SSSR count). The summed E-state index contributed by atoms with van der Waals surface area (Å²) < 4.78 is 13.8. The maximum absolute atomic E-state index is 12.8. The Labute approximate surface area is 173 Å². The number of nitrogens with zero attached hydrogens (tertiary/aromatic N) is 3. The van der Waals surface area contributed by atoms with Gasteiger partial charge in [0.1, 0.15) is 5.82 Å². The molecule has 0 amide bonds. The molecule has 0 radical (unpaired) electrons. The number of methoxy groups -OCH3 is 1. The van der Waals surface area contributed by atoms with E-state index in [0.29, 0.717) is 34.8 Å². The van der Waals surface area contributed by atoms with Crippen LogP contribution >= 0.6 is 31.9 Å². The highest BCUT2D eigenvalue weighted by atomic mass is 79.9. The van der Waals surface area contributed by atoms with Gasteiger partial charge >= 0.3 is 0 Å². The van der Waals surface area contributed by atoms with Crippen LogP contribution in [0.2, 0.25) is 0 Å². The second-order valence-electron chi connectivity index (χ2n) is 5.65. The van der Waals surface area contributed by atoms with Gasteiger partial charge in [0.25, 0.3) is 5.56 Å². The van der Waals surface area contributed by atoms with Crippen LogP contribution in [0.3, 0.4) is 0 Å². The van der Waals surface area contributed by atoms with E-state index >= 15 is 0 Å². The zero-order chi connectivity index (χ0) is 19.6. The van der Waals surface area contributed by atoms with E-state index in [1.807, 2.05) is 25.1 Å². The largest absolute Gasteiger partial charge is 0.492 e. The van der Waals surface area contributed by atoms with Crippen molar-refractivity contribution in [1.82, 2.24) is 9.66 Å². The minimum atomic E-state index is -0.229. The normalized spacial score (nSPS) is 11.3. The Morgan fingerprint density at radius 2 is 2.04 bits per heavy atom. The van der Waals surface area contributed by atoms with Crippen LogP contribution in [-0.2, 0) is 0 Å². The van der Waals surface area contributed by atoms with E-state index in [2.05, 4.69) is 41.9 Å². The van der Waals surface area contributed by atoms with Crippen LogP contribution in [0, 0.1) is 6.92 Å². The van der Waals surface area contributed by atoms with Crippen molar-refractivity contribution in [2.75, 3.05) is 13.7 Å². The smallest absolute Gasteiger partial charge is 0.282 e. The molecule has 0 saturated heterocycles. The lowest BCUT2D eigenvalue weighted by Gasteiger charge is -2.12. The molecule has 0 aliphatic rings. The molecule has 0 unspecified atom stereocenters. The van der Waals surface area contributed by atoms with Crippen LogP contribution in [0.25, 0.3) is 10.9 Å². The van der Waals surface area contributed by atoms with Crippen molar-refractivity contribution in [3.63, 3.8) is 0 Å². The first-order valence-corrected chi connectivity index (χ1v) is 9.76. The highest BCUT2D eigenvalue weighted by molar-refractivity contribution is 9.10. The summed E-state index contributed by atoms with van der Waals surface area (Å²) in [5.41, 5.74) is 1.16. The summed E-state index contributed by atoms with van der Waals surface area (Å²) in [6, 6.07) is 9.05. The van der Waals surface area contributed by atoms with Gasteiger partial charge in [-0.3, -0.25) is 4.79 Å². The van der Waals surface area contributed by atoms with Crippen molar-refractivity contribution in [1.29, 1.82) is 0 Å². The predicted octanol–water partition coefficient (Wildman–Crippen LogP) is 4.52. The first-order valence-electron chi connectivity index (χ1n) is 8.18. The summed E-state index contributed by atoms with van der Waals surface area (Å²) >= 11 is 6.86. The molecule has 8 heteroatoms. The van der Waals surface area contributed by atoms with Crippen LogP contribution in [0.15, 0.2) is 49.2 Å². The maximum atomic E-state index is 12.8. The summed E-state index contributed by atoms with van der Waals surface area (Å²) in [4.78, 5) is 17.3. The zero-order valence-electron chi connectivity index (χ0n) is 15.0. The van der Waals surface area contributed by atoms with E-state index in [4.69, 9.17) is 9.47 Å². The summed E-state index contributed by atoms with van der Waals surface area (Å²) in [6.45, 7) is 4.15. The minimum Gasteiger partial charge on any atom is -0.492 e. The van der Waals surface area contributed by atoms with Gasteiger partial charge in [0.05, 0.1) is 35.3 Å². The molecule has 0 aliphatic carbocycles. The van der Waals surface area contributed by atoms with Crippen molar-refractivity contribution < 1.29 is 9.47 Å². The number of aromatic nitrogens is 2. The summed E-state index contributed by atoms with van der Waals surface area (Å²) in [7, 11) is 1.58. The summed E-state index contributed by atoms with van der Waals surface area (Å²) in [5.74, 6) is 1.71. The average molecular weight is 495 g/mol. The third kappa shape index (κ3) is 4.06. The monoisotopic (exact) mass is 493 g/mol. The number of aryl methyl sites for hydroxylation is 1. The zero-order valence-corrected chi connectivity index (χ0v) is 18.2. The molecule has 140 valence electrons. The fourth-order valence-corrected chi connectivity index (χ4v) is 3.63. The van der Waals surface area contributed by atoms with Crippen molar-refractivity contribution in [2.45, 2.75) is 13.8 Å². The molecule has 6 nitrogen and oxygen atoms in total. The molecule has 0 saturated carbocycles. The average Bonchev–Trinajstić information content (AvgIpc) is 2.62. The molecule has 0 spiro atoms. The van der Waals surface area contributed by atoms with Gasteiger partial charge in [-0.2, -0.15) is 9.78 Å². The highest BCUT2D eigenvalue weighted by Crippen LogP contribution is 2.36. The molecular formula is C19H17Br2N3O3. The molecular weight excluding hydrogens is 478 g/mol. The maximum Gasteiger partial charge on any atom is 0.282 e. The molecule has 3 aromatic rings. The van der Waals surface area contributed by atoms with Crippen LogP contribution in [0.1, 0.15) is 18.3 Å². The Hall–Kier alpha value is -2.19. The van der Waals surface area contributed by atoms with Gasteiger partial charge in [0.15, 0.2) is 11.5 Å². The Morgan fingerprint density at radius 3 is 2.74 bits per heavy atom. The van der Waals surface area contributed by atoms with Crippen LogP contribution in [0.5, 0.6) is 11.5 Å². The van der Waals surface area contributed by atoms with Crippen LogP contribution in [-0.4, -0.2) is 29.6 Å². The van der Waals surface area contributed by atoms with Crippen LogP contribution < -0.4 is 15.0 Å². The molecule has 0 bridgehead atoms. The number of hydrogen-bond donors (Lipinski definition) is 0. The molecule has 1 aromatic heterocycles. The molecule has 0 atom stereocenters. The predicted molar refractivity (Wildman–Crippen MR) is 113 cm³/mol. The second kappa shape index (κ2) is 8.22. The number of halogens is 2. The van der Waals surface area contributed by atoms with Crippen LogP contribution in [0.4, 0.5) is 0 Å². The molecule has 1 heterocycles. The van der Waals surface area contributed by atoms with E-state index < -0.39 is 0 Å². The van der Waals surface area contributed by atoms with Gasteiger partial charge in [0.2, 0.25) is 0 Å². The van der Waals surface area contributed by atoms with Crippen molar-refractivity contribution in [3.8, 4) is 11.5 Å². The number of fused-ring (bicyclic) bond motifs is 1. The van der Waals surface area contributed by atoms with Gasteiger partial charge < -0.3 is 9.47 Å². The lowest BCUT2D eigenvalue weighted by atomic mass is 10.2. The third-order valence-electron chi connectivity index (χ3n) is 3.83. The lowest BCUT2D eigenvalue weighted by molar-refractivity contribution is 0.310. The van der Waals surface area contributed by atoms with Gasteiger partial charge in [0, 0.05) is 4.47 Å². The molecule has 0 N–H and O–H groups in total. The summed E-state index contributed by atoms with van der Waals surface area (Å²) in [6.07, 6.45) is 1.59. The van der Waals surface area contributed by atoms with Gasteiger partial charge in [-0.05, 0) is 65.7 Å². The second-order valence-corrected chi connectivity index (χ2v) is 7.42. The lowest BCUT2D eigenvalue weighted by Crippen LogP contribution is -2.20. The first kappa shape index (κ1) is 19.6. The summed E-state index contributed by atoms with van der Waals surface area (Å²) in [5, 5.41) is 4.84. The Kier molecular flexibility index (Phi) is 5.96. The number of benzene rings is 2. The topological polar surface area (TPSA) is 65.7 Å². The fourth-order valence-electron chi connectivity index (χ4n) is 2.64.